The fourth-order valence-electron chi connectivity index (χ4n) is 5.08. The minimum Gasteiger partial charge on any atom is -0.493 e. The van der Waals surface area contributed by atoms with Crippen LogP contribution in [0.15, 0.2) is 42.5 Å². The number of aryl methyl sites for hydroxylation is 1. The van der Waals surface area contributed by atoms with Crippen LogP contribution in [0.2, 0.25) is 0 Å². The topological polar surface area (TPSA) is 71.5 Å². The summed E-state index contributed by atoms with van der Waals surface area (Å²) in [6, 6.07) is 14.9. The van der Waals surface area contributed by atoms with Gasteiger partial charge in [0.2, 0.25) is 5.95 Å². The van der Waals surface area contributed by atoms with E-state index in [1.807, 2.05) is 32.3 Å². The number of unbranched alkanes of at least 4 members (excludes halogenated alkanes) is 1. The first-order valence-corrected chi connectivity index (χ1v) is 13.2. The number of nitrogens with one attached hydrogen (secondary N) is 2. The highest BCUT2D eigenvalue weighted by molar-refractivity contribution is 5.90. The lowest BCUT2D eigenvalue weighted by Gasteiger charge is -2.29. The molecule has 4 rings (SSSR count). The van der Waals surface area contributed by atoms with Gasteiger partial charge in [-0.05, 0) is 93.8 Å². The van der Waals surface area contributed by atoms with Gasteiger partial charge in [0.15, 0.2) is 11.5 Å². The molecule has 1 heterocycles. The van der Waals surface area contributed by atoms with E-state index in [-0.39, 0.29) is 0 Å². The largest absolute Gasteiger partial charge is 0.493 e. The van der Waals surface area contributed by atoms with E-state index in [1.165, 1.54) is 44.1 Å². The number of hydrogen-bond donors (Lipinski definition) is 2. The molecule has 0 radical (unpaired) electrons. The van der Waals surface area contributed by atoms with Crippen LogP contribution in [0.25, 0.3) is 10.9 Å². The zero-order chi connectivity index (χ0) is 25.3. The van der Waals surface area contributed by atoms with Gasteiger partial charge in [-0.3, -0.25) is 0 Å². The third-order valence-electron chi connectivity index (χ3n) is 7.14. The first kappa shape index (κ1) is 26.0. The normalized spacial score (nSPS) is 17.7. The molecule has 0 atom stereocenters. The molecule has 194 valence electrons. The first-order chi connectivity index (χ1) is 17.6. The minimum atomic E-state index is 0.443. The minimum absolute atomic E-state index is 0.443. The number of ether oxygens (including phenoxy) is 2. The zero-order valence-electron chi connectivity index (χ0n) is 22.2. The van der Waals surface area contributed by atoms with Crippen molar-refractivity contribution in [3.63, 3.8) is 0 Å². The maximum absolute atomic E-state index is 5.41. The van der Waals surface area contributed by atoms with Gasteiger partial charge in [-0.2, -0.15) is 4.98 Å². The first-order valence-electron chi connectivity index (χ1n) is 13.2. The van der Waals surface area contributed by atoms with Crippen LogP contribution >= 0.6 is 0 Å². The highest BCUT2D eigenvalue weighted by Crippen LogP contribution is 2.29. The second kappa shape index (κ2) is 12.8. The Kier molecular flexibility index (Phi) is 9.23. The van der Waals surface area contributed by atoms with Crippen molar-refractivity contribution in [1.82, 2.24) is 15.3 Å². The predicted molar refractivity (Wildman–Crippen MR) is 149 cm³/mol. The van der Waals surface area contributed by atoms with Gasteiger partial charge in [-0.25, -0.2) is 4.98 Å². The number of aromatic nitrogens is 2. The van der Waals surface area contributed by atoms with Gasteiger partial charge in [0.1, 0.15) is 5.82 Å². The summed E-state index contributed by atoms with van der Waals surface area (Å²) in [4.78, 5) is 11.6. The Labute approximate surface area is 215 Å². The van der Waals surface area contributed by atoms with Crippen molar-refractivity contribution in [1.29, 1.82) is 0 Å². The van der Waals surface area contributed by atoms with Crippen molar-refractivity contribution >= 4 is 22.7 Å². The van der Waals surface area contributed by atoms with Gasteiger partial charge in [0.05, 0.1) is 19.7 Å². The molecule has 0 unspecified atom stereocenters. The van der Waals surface area contributed by atoms with Gasteiger partial charge >= 0.3 is 0 Å². The van der Waals surface area contributed by atoms with Crippen molar-refractivity contribution < 1.29 is 9.47 Å². The number of hydrogen-bond acceptors (Lipinski definition) is 7. The highest BCUT2D eigenvalue weighted by atomic mass is 16.5. The Morgan fingerprint density at radius 1 is 0.917 bits per heavy atom. The SMILES string of the molecule is COc1ccc(CCCCNCC2CCC(Nc3nc(N(C)C)c4ccccc4n3)CC2)cc1OC. The van der Waals surface area contributed by atoms with E-state index in [4.69, 9.17) is 19.4 Å². The van der Waals surface area contributed by atoms with Crippen molar-refractivity contribution in [2.75, 3.05) is 51.6 Å². The molecule has 7 nitrogen and oxygen atoms in total. The average Bonchev–Trinajstić information content (AvgIpc) is 2.90. The molecule has 1 aliphatic rings. The van der Waals surface area contributed by atoms with Crippen molar-refractivity contribution in [3.8, 4) is 11.5 Å². The molecule has 2 N–H and O–H groups in total. The van der Waals surface area contributed by atoms with E-state index in [0.717, 1.165) is 59.6 Å². The molecule has 0 saturated heterocycles. The summed E-state index contributed by atoms with van der Waals surface area (Å²) in [5.41, 5.74) is 2.29. The second-order valence-electron chi connectivity index (χ2n) is 9.99. The van der Waals surface area contributed by atoms with E-state index in [1.54, 1.807) is 14.2 Å². The lowest BCUT2D eigenvalue weighted by Crippen LogP contribution is -2.32. The molecule has 36 heavy (non-hydrogen) atoms. The molecular weight excluding hydrogens is 450 g/mol. The van der Waals surface area contributed by atoms with Crippen LogP contribution in [0.5, 0.6) is 11.5 Å². The molecule has 0 bridgehead atoms. The van der Waals surface area contributed by atoms with E-state index in [9.17, 15) is 0 Å². The number of rotatable bonds is 12. The number of para-hydroxylation sites is 1. The zero-order valence-corrected chi connectivity index (χ0v) is 22.2. The fourth-order valence-corrected chi connectivity index (χ4v) is 5.08. The van der Waals surface area contributed by atoms with E-state index in [2.05, 4.69) is 39.8 Å². The Hall–Kier alpha value is -3.06. The van der Waals surface area contributed by atoms with Gasteiger partial charge < -0.3 is 25.0 Å². The molecular formula is C29H41N5O2. The van der Waals surface area contributed by atoms with E-state index in [0.29, 0.717) is 6.04 Å². The summed E-state index contributed by atoms with van der Waals surface area (Å²) in [7, 11) is 7.43. The van der Waals surface area contributed by atoms with Crippen LogP contribution in [0.4, 0.5) is 11.8 Å². The molecule has 1 aromatic heterocycles. The number of anilines is 2. The summed E-state index contributed by atoms with van der Waals surface area (Å²) in [6.45, 7) is 2.18. The number of benzene rings is 2. The molecule has 7 heteroatoms. The van der Waals surface area contributed by atoms with Crippen molar-refractivity contribution in [3.05, 3.63) is 48.0 Å². The molecule has 0 amide bonds. The molecule has 3 aromatic rings. The molecule has 1 aliphatic carbocycles. The molecule has 0 spiro atoms. The maximum Gasteiger partial charge on any atom is 0.225 e. The van der Waals surface area contributed by atoms with E-state index < -0.39 is 0 Å². The summed E-state index contributed by atoms with van der Waals surface area (Å²) in [5, 5.41) is 8.40. The van der Waals surface area contributed by atoms with Crippen LogP contribution in [0, 0.1) is 5.92 Å². The quantitative estimate of drug-likeness (QED) is 0.333. The third kappa shape index (κ3) is 6.78. The average molecular weight is 492 g/mol. The smallest absolute Gasteiger partial charge is 0.225 e. The van der Waals surface area contributed by atoms with Gasteiger partial charge in [0.25, 0.3) is 0 Å². The Morgan fingerprint density at radius 3 is 2.44 bits per heavy atom. The summed E-state index contributed by atoms with van der Waals surface area (Å²) in [5.74, 6) is 4.06. The Bertz CT molecular complexity index is 1110. The number of fused-ring (bicyclic) bond motifs is 1. The van der Waals surface area contributed by atoms with Crippen LogP contribution in [-0.4, -0.2) is 57.4 Å². The monoisotopic (exact) mass is 491 g/mol. The molecule has 1 fully saturated rings. The Balaban J connectivity index is 1.15. The van der Waals surface area contributed by atoms with Gasteiger partial charge in [-0.1, -0.05) is 18.2 Å². The fraction of sp³-hybridized carbons (Fsp3) is 0.517. The van der Waals surface area contributed by atoms with Gasteiger partial charge in [-0.15, -0.1) is 0 Å². The molecule has 0 aliphatic heterocycles. The summed E-state index contributed by atoms with van der Waals surface area (Å²) in [6.07, 6.45) is 8.22. The molecule has 1 saturated carbocycles. The van der Waals surface area contributed by atoms with Crippen LogP contribution < -0.4 is 25.0 Å². The van der Waals surface area contributed by atoms with Gasteiger partial charge in [0, 0.05) is 25.5 Å². The van der Waals surface area contributed by atoms with E-state index >= 15 is 0 Å². The lowest BCUT2D eigenvalue weighted by atomic mass is 9.86. The number of nitrogens with zero attached hydrogens (tertiary/aromatic N) is 3. The van der Waals surface area contributed by atoms with Crippen LogP contribution in [0.1, 0.15) is 44.1 Å². The summed E-state index contributed by atoms with van der Waals surface area (Å²) < 4.78 is 10.7. The lowest BCUT2D eigenvalue weighted by molar-refractivity contribution is 0.323. The third-order valence-corrected chi connectivity index (χ3v) is 7.14. The van der Waals surface area contributed by atoms with Crippen LogP contribution in [0.3, 0.4) is 0 Å². The van der Waals surface area contributed by atoms with Crippen molar-refractivity contribution in [2.45, 2.75) is 51.0 Å². The highest BCUT2D eigenvalue weighted by Gasteiger charge is 2.22. The van der Waals surface area contributed by atoms with Crippen molar-refractivity contribution in [2.24, 2.45) is 5.92 Å². The number of methoxy groups -OCH3 is 2. The molecule has 2 aromatic carbocycles. The summed E-state index contributed by atoms with van der Waals surface area (Å²) >= 11 is 0. The van der Waals surface area contributed by atoms with Crippen LogP contribution in [-0.2, 0) is 6.42 Å². The predicted octanol–water partition coefficient (Wildman–Crippen LogP) is 5.30. The second-order valence-corrected chi connectivity index (χ2v) is 9.99. The Morgan fingerprint density at radius 2 is 1.69 bits per heavy atom. The standard InChI is InChI=1S/C29H41N5O2/c1-34(2)28-24-10-5-6-11-25(24)32-29(33-28)31-23-15-12-22(13-16-23)20-30-18-8-7-9-21-14-17-26(35-3)27(19-21)36-4/h5-6,10-11,14,17,19,22-23,30H,7-9,12-13,15-16,18,20H2,1-4H3,(H,31,32,33). The maximum atomic E-state index is 5.41.